The second-order valence-corrected chi connectivity index (χ2v) is 5.75. The van der Waals surface area contributed by atoms with Crippen LogP contribution in [0, 0.1) is 0 Å². The molecule has 0 spiro atoms. The summed E-state index contributed by atoms with van der Waals surface area (Å²) in [5.41, 5.74) is 0. The smallest absolute Gasteiger partial charge is 0.0113 e. The molecule has 1 unspecified atom stereocenters. The fraction of sp³-hybridized carbons (Fsp3) is 1.00. The fourth-order valence-electron chi connectivity index (χ4n) is 3.35. The van der Waals surface area contributed by atoms with Gasteiger partial charge in [-0.15, -0.1) is 0 Å². The Kier molecular flexibility index (Phi) is 5.26. The van der Waals surface area contributed by atoms with Crippen LogP contribution in [0.5, 0.6) is 0 Å². The summed E-state index contributed by atoms with van der Waals surface area (Å²) in [7, 11) is 2.05. The molecule has 0 bridgehead atoms. The molecule has 1 saturated carbocycles. The SMILES string of the molecule is CNCCC(C)N1CCN(C2CCCC2)CC1. The van der Waals surface area contributed by atoms with Gasteiger partial charge in [0, 0.05) is 38.3 Å². The van der Waals surface area contributed by atoms with Crippen LogP contribution < -0.4 is 5.32 Å². The maximum absolute atomic E-state index is 3.25. The number of nitrogens with one attached hydrogen (secondary N) is 1. The molecule has 1 aliphatic heterocycles. The van der Waals surface area contributed by atoms with Gasteiger partial charge in [-0.25, -0.2) is 0 Å². The predicted octanol–water partition coefficient (Wildman–Crippen LogP) is 1.54. The van der Waals surface area contributed by atoms with Gasteiger partial charge in [0.15, 0.2) is 0 Å². The number of hydrogen-bond donors (Lipinski definition) is 1. The molecule has 0 aromatic carbocycles. The molecule has 1 heterocycles. The summed E-state index contributed by atoms with van der Waals surface area (Å²) in [4.78, 5) is 5.41. The molecular formula is C14H29N3. The standard InChI is InChI=1S/C14H29N3/c1-13(7-8-15-2)16-9-11-17(12-10-16)14-5-3-4-6-14/h13-15H,3-12H2,1-2H3. The van der Waals surface area contributed by atoms with Crippen LogP contribution in [0.15, 0.2) is 0 Å². The number of hydrogen-bond acceptors (Lipinski definition) is 3. The first-order valence-electron chi connectivity index (χ1n) is 7.44. The van der Waals surface area contributed by atoms with Gasteiger partial charge in [-0.2, -0.15) is 0 Å². The highest BCUT2D eigenvalue weighted by Crippen LogP contribution is 2.24. The average Bonchev–Trinajstić information content (AvgIpc) is 2.90. The molecule has 1 atom stereocenters. The van der Waals surface area contributed by atoms with Gasteiger partial charge in [0.1, 0.15) is 0 Å². The van der Waals surface area contributed by atoms with Crippen molar-refractivity contribution in [3.63, 3.8) is 0 Å². The van der Waals surface area contributed by atoms with Crippen molar-refractivity contribution in [2.24, 2.45) is 0 Å². The highest BCUT2D eigenvalue weighted by molar-refractivity contribution is 4.83. The van der Waals surface area contributed by atoms with Crippen LogP contribution in [0.25, 0.3) is 0 Å². The van der Waals surface area contributed by atoms with Crippen molar-refractivity contribution in [3.8, 4) is 0 Å². The summed E-state index contributed by atoms with van der Waals surface area (Å²) in [6.45, 7) is 8.68. The Bertz CT molecular complexity index is 206. The Morgan fingerprint density at radius 1 is 1.12 bits per heavy atom. The normalized spacial score (nSPS) is 26.5. The third kappa shape index (κ3) is 3.67. The highest BCUT2D eigenvalue weighted by Gasteiger charge is 2.27. The summed E-state index contributed by atoms with van der Waals surface area (Å²) >= 11 is 0. The Balaban J connectivity index is 1.69. The van der Waals surface area contributed by atoms with E-state index in [2.05, 4.69) is 22.0 Å². The number of nitrogens with zero attached hydrogens (tertiary/aromatic N) is 2. The molecule has 0 amide bonds. The lowest BCUT2D eigenvalue weighted by atomic mass is 10.1. The molecule has 2 fully saturated rings. The first kappa shape index (κ1) is 13.3. The Morgan fingerprint density at radius 2 is 1.76 bits per heavy atom. The van der Waals surface area contributed by atoms with E-state index in [1.165, 1.54) is 58.3 Å². The van der Waals surface area contributed by atoms with E-state index in [0.717, 1.165) is 18.6 Å². The molecule has 1 N–H and O–H groups in total. The van der Waals surface area contributed by atoms with Gasteiger partial charge in [0.2, 0.25) is 0 Å². The summed E-state index contributed by atoms with van der Waals surface area (Å²) < 4.78 is 0. The average molecular weight is 239 g/mol. The van der Waals surface area contributed by atoms with Crippen LogP contribution >= 0.6 is 0 Å². The quantitative estimate of drug-likeness (QED) is 0.785. The lowest BCUT2D eigenvalue weighted by molar-refractivity contribution is 0.0729. The predicted molar refractivity (Wildman–Crippen MR) is 73.4 cm³/mol. The van der Waals surface area contributed by atoms with Crippen molar-refractivity contribution >= 4 is 0 Å². The van der Waals surface area contributed by atoms with Gasteiger partial charge in [-0.1, -0.05) is 12.8 Å². The lowest BCUT2D eigenvalue weighted by Gasteiger charge is -2.40. The maximum Gasteiger partial charge on any atom is 0.0113 e. The van der Waals surface area contributed by atoms with Gasteiger partial charge in [0.25, 0.3) is 0 Å². The van der Waals surface area contributed by atoms with Crippen molar-refractivity contribution in [2.45, 2.75) is 51.1 Å². The molecule has 3 nitrogen and oxygen atoms in total. The minimum absolute atomic E-state index is 0.744. The molecule has 2 rings (SSSR count). The van der Waals surface area contributed by atoms with E-state index >= 15 is 0 Å². The molecule has 0 radical (unpaired) electrons. The monoisotopic (exact) mass is 239 g/mol. The second-order valence-electron chi connectivity index (χ2n) is 5.75. The lowest BCUT2D eigenvalue weighted by Crippen LogP contribution is -2.52. The van der Waals surface area contributed by atoms with Crippen LogP contribution in [0.3, 0.4) is 0 Å². The largest absolute Gasteiger partial charge is 0.320 e. The van der Waals surface area contributed by atoms with Gasteiger partial charge in [-0.3, -0.25) is 9.80 Å². The number of rotatable bonds is 5. The fourth-order valence-corrected chi connectivity index (χ4v) is 3.35. The third-order valence-corrected chi connectivity index (χ3v) is 4.63. The Morgan fingerprint density at radius 3 is 2.35 bits per heavy atom. The third-order valence-electron chi connectivity index (χ3n) is 4.63. The molecule has 0 aromatic heterocycles. The van der Waals surface area contributed by atoms with Gasteiger partial charge >= 0.3 is 0 Å². The van der Waals surface area contributed by atoms with E-state index in [0.29, 0.717) is 0 Å². The van der Waals surface area contributed by atoms with E-state index in [1.807, 2.05) is 7.05 Å². The topological polar surface area (TPSA) is 18.5 Å². The Hall–Kier alpha value is -0.120. The minimum Gasteiger partial charge on any atom is -0.320 e. The summed E-state index contributed by atoms with van der Waals surface area (Å²) in [6, 6.07) is 1.66. The molecule has 3 heteroatoms. The molecule has 2 aliphatic rings. The van der Waals surface area contributed by atoms with Gasteiger partial charge in [0.05, 0.1) is 0 Å². The minimum atomic E-state index is 0.744. The number of piperazine rings is 1. The zero-order chi connectivity index (χ0) is 12.1. The molecule has 17 heavy (non-hydrogen) atoms. The molecule has 1 aliphatic carbocycles. The molecule has 1 saturated heterocycles. The van der Waals surface area contributed by atoms with Crippen LogP contribution in [0.1, 0.15) is 39.0 Å². The van der Waals surface area contributed by atoms with Crippen molar-refractivity contribution in [2.75, 3.05) is 39.8 Å². The van der Waals surface area contributed by atoms with Crippen LogP contribution in [-0.2, 0) is 0 Å². The summed E-state index contributed by atoms with van der Waals surface area (Å²) in [6.07, 6.45) is 7.11. The molecule has 100 valence electrons. The Labute approximate surface area is 107 Å². The van der Waals surface area contributed by atoms with Gasteiger partial charge in [-0.05, 0) is 39.8 Å². The van der Waals surface area contributed by atoms with Gasteiger partial charge < -0.3 is 5.32 Å². The van der Waals surface area contributed by atoms with E-state index < -0.39 is 0 Å². The van der Waals surface area contributed by atoms with Crippen molar-refractivity contribution in [3.05, 3.63) is 0 Å². The van der Waals surface area contributed by atoms with E-state index in [9.17, 15) is 0 Å². The first-order valence-corrected chi connectivity index (χ1v) is 7.44. The second kappa shape index (κ2) is 6.72. The van der Waals surface area contributed by atoms with Crippen LogP contribution in [0.2, 0.25) is 0 Å². The van der Waals surface area contributed by atoms with Crippen LogP contribution in [0.4, 0.5) is 0 Å². The van der Waals surface area contributed by atoms with E-state index in [-0.39, 0.29) is 0 Å². The zero-order valence-electron chi connectivity index (χ0n) is 11.6. The van der Waals surface area contributed by atoms with Crippen LogP contribution in [-0.4, -0.2) is 61.7 Å². The maximum atomic E-state index is 3.25. The summed E-state index contributed by atoms with van der Waals surface area (Å²) in [5.74, 6) is 0. The highest BCUT2D eigenvalue weighted by atomic mass is 15.3. The zero-order valence-corrected chi connectivity index (χ0v) is 11.6. The first-order chi connectivity index (χ1) is 8.31. The van der Waals surface area contributed by atoms with E-state index in [1.54, 1.807) is 0 Å². The van der Waals surface area contributed by atoms with Crippen molar-refractivity contribution in [1.29, 1.82) is 0 Å². The molecular weight excluding hydrogens is 210 g/mol. The molecule has 0 aromatic rings. The summed E-state index contributed by atoms with van der Waals surface area (Å²) in [5, 5.41) is 3.25. The van der Waals surface area contributed by atoms with Crippen molar-refractivity contribution < 1.29 is 0 Å². The van der Waals surface area contributed by atoms with Crippen molar-refractivity contribution in [1.82, 2.24) is 15.1 Å². The van der Waals surface area contributed by atoms with E-state index in [4.69, 9.17) is 0 Å².